The van der Waals surface area contributed by atoms with E-state index in [1.54, 1.807) is 0 Å². The third kappa shape index (κ3) is 5.42. The maximum Gasteiger partial charge on any atom is 0.321 e. The summed E-state index contributed by atoms with van der Waals surface area (Å²) in [7, 11) is 0. The molecule has 1 aromatic rings. The number of hydrogen-bond donors (Lipinski definition) is 3. The van der Waals surface area contributed by atoms with Crippen LogP contribution in [0.4, 0.5) is 9.93 Å². The predicted molar refractivity (Wildman–Crippen MR) is 71.8 cm³/mol. The summed E-state index contributed by atoms with van der Waals surface area (Å²) in [5.41, 5.74) is 0. The van der Waals surface area contributed by atoms with Crippen LogP contribution >= 0.6 is 11.3 Å². The van der Waals surface area contributed by atoms with E-state index in [1.165, 1.54) is 11.3 Å². The van der Waals surface area contributed by atoms with Crippen molar-refractivity contribution < 1.29 is 9.90 Å². The number of aromatic nitrogens is 2. The Morgan fingerprint density at radius 3 is 2.89 bits per heavy atom. The molecule has 1 atom stereocenters. The van der Waals surface area contributed by atoms with Gasteiger partial charge in [-0.15, -0.1) is 10.2 Å². The fourth-order valence-electron chi connectivity index (χ4n) is 1.32. The summed E-state index contributed by atoms with van der Waals surface area (Å²) in [4.78, 5) is 11.5. The van der Waals surface area contributed by atoms with E-state index >= 15 is 0 Å². The number of nitrogens with zero attached hydrogens (tertiary/aromatic N) is 2. The molecule has 1 rings (SSSR count). The Hall–Kier alpha value is -1.21. The van der Waals surface area contributed by atoms with Crippen molar-refractivity contribution >= 4 is 22.5 Å². The van der Waals surface area contributed by atoms with Crippen molar-refractivity contribution in [3.8, 4) is 0 Å². The Balaban J connectivity index is 2.26. The van der Waals surface area contributed by atoms with Crippen LogP contribution < -0.4 is 10.6 Å². The van der Waals surface area contributed by atoms with Crippen molar-refractivity contribution in [3.05, 3.63) is 5.01 Å². The zero-order valence-electron chi connectivity index (χ0n) is 10.8. The first-order valence-electron chi connectivity index (χ1n) is 6.21. The molecule has 0 fully saturated rings. The monoisotopic (exact) mass is 272 g/mol. The van der Waals surface area contributed by atoms with Crippen molar-refractivity contribution in [1.29, 1.82) is 0 Å². The Labute approximate surface area is 111 Å². The van der Waals surface area contributed by atoms with Gasteiger partial charge >= 0.3 is 6.03 Å². The van der Waals surface area contributed by atoms with Gasteiger partial charge in [-0.25, -0.2) is 4.79 Å². The normalized spacial score (nSPS) is 12.2. The first-order valence-corrected chi connectivity index (χ1v) is 7.02. The lowest BCUT2D eigenvalue weighted by Gasteiger charge is -2.08. The summed E-state index contributed by atoms with van der Waals surface area (Å²) in [6, 6.07) is -0.308. The van der Waals surface area contributed by atoms with Crippen LogP contribution in [0.15, 0.2) is 0 Å². The summed E-state index contributed by atoms with van der Waals surface area (Å²) in [5.74, 6) is 0. The highest BCUT2D eigenvalue weighted by atomic mass is 32.1. The zero-order chi connectivity index (χ0) is 13.4. The molecule has 0 spiro atoms. The molecule has 1 heterocycles. The van der Waals surface area contributed by atoms with Crippen molar-refractivity contribution in [2.45, 2.75) is 45.6 Å². The molecule has 0 aliphatic heterocycles. The smallest absolute Gasteiger partial charge is 0.321 e. The first-order chi connectivity index (χ1) is 8.65. The van der Waals surface area contributed by atoms with Crippen molar-refractivity contribution in [1.82, 2.24) is 15.5 Å². The van der Waals surface area contributed by atoms with Crippen LogP contribution in [0.5, 0.6) is 0 Å². The molecule has 7 heteroatoms. The lowest BCUT2D eigenvalue weighted by molar-refractivity contribution is 0.160. The van der Waals surface area contributed by atoms with Gasteiger partial charge in [-0.3, -0.25) is 5.32 Å². The number of anilines is 1. The number of aryl methyl sites for hydroxylation is 1. The number of hydrogen-bond acceptors (Lipinski definition) is 5. The van der Waals surface area contributed by atoms with Crippen LogP contribution in [0.1, 0.15) is 38.1 Å². The molecule has 0 aliphatic rings. The molecule has 0 aromatic carbocycles. The van der Waals surface area contributed by atoms with E-state index in [0.29, 0.717) is 24.5 Å². The minimum atomic E-state index is -0.358. The Kier molecular flexibility index (Phi) is 6.59. The van der Waals surface area contributed by atoms with E-state index in [9.17, 15) is 9.90 Å². The molecule has 102 valence electrons. The number of aliphatic hydroxyl groups is 1. The molecule has 3 N–H and O–H groups in total. The van der Waals surface area contributed by atoms with E-state index in [-0.39, 0.29) is 12.1 Å². The van der Waals surface area contributed by atoms with E-state index in [4.69, 9.17) is 0 Å². The van der Waals surface area contributed by atoms with Gasteiger partial charge in [0, 0.05) is 13.0 Å². The number of carbonyl (C=O) groups is 1. The Morgan fingerprint density at radius 1 is 1.44 bits per heavy atom. The number of rotatable bonds is 7. The van der Waals surface area contributed by atoms with Crippen LogP contribution in [-0.2, 0) is 6.42 Å². The fraction of sp³-hybridized carbons (Fsp3) is 0.727. The molecule has 18 heavy (non-hydrogen) atoms. The second-order valence-electron chi connectivity index (χ2n) is 3.98. The predicted octanol–water partition coefficient (Wildman–Crippen LogP) is 1.77. The average Bonchev–Trinajstić information content (AvgIpc) is 2.76. The molecule has 1 aromatic heterocycles. The SMILES string of the molecule is CCCc1nnc(NC(=O)NCCC(O)CC)s1. The van der Waals surface area contributed by atoms with Crippen LogP contribution in [-0.4, -0.2) is 34.0 Å². The van der Waals surface area contributed by atoms with Gasteiger partial charge in [0.05, 0.1) is 6.10 Å². The molecule has 0 aliphatic carbocycles. The Bertz CT molecular complexity index is 370. The summed E-state index contributed by atoms with van der Waals surface area (Å²) in [6.45, 7) is 4.42. The van der Waals surface area contributed by atoms with Crippen molar-refractivity contribution in [2.75, 3.05) is 11.9 Å². The number of amides is 2. The molecular weight excluding hydrogens is 252 g/mol. The third-order valence-corrected chi connectivity index (χ3v) is 3.28. The molecular formula is C11H20N4O2S. The lowest BCUT2D eigenvalue weighted by atomic mass is 10.2. The van der Waals surface area contributed by atoms with Crippen LogP contribution in [0.25, 0.3) is 0 Å². The van der Waals surface area contributed by atoms with E-state index < -0.39 is 0 Å². The maximum atomic E-state index is 11.5. The van der Waals surface area contributed by atoms with Gasteiger partial charge in [0.15, 0.2) is 0 Å². The molecule has 2 amide bonds. The van der Waals surface area contributed by atoms with Crippen LogP contribution in [0, 0.1) is 0 Å². The zero-order valence-corrected chi connectivity index (χ0v) is 11.6. The molecule has 1 unspecified atom stereocenters. The molecule has 0 bridgehead atoms. The minimum Gasteiger partial charge on any atom is -0.393 e. The van der Waals surface area contributed by atoms with Gasteiger partial charge in [0.25, 0.3) is 0 Å². The second-order valence-corrected chi connectivity index (χ2v) is 5.04. The summed E-state index contributed by atoms with van der Waals surface area (Å²) in [5, 5.41) is 23.9. The van der Waals surface area contributed by atoms with Crippen molar-refractivity contribution in [3.63, 3.8) is 0 Å². The molecule has 0 radical (unpaired) electrons. The van der Waals surface area contributed by atoms with E-state index in [2.05, 4.69) is 27.8 Å². The number of nitrogens with one attached hydrogen (secondary N) is 2. The number of urea groups is 1. The van der Waals surface area contributed by atoms with Gasteiger partial charge in [0.1, 0.15) is 5.01 Å². The van der Waals surface area contributed by atoms with E-state index in [0.717, 1.165) is 17.8 Å². The summed E-state index contributed by atoms with van der Waals surface area (Å²) < 4.78 is 0. The highest BCUT2D eigenvalue weighted by Gasteiger charge is 2.07. The third-order valence-electron chi connectivity index (χ3n) is 2.39. The topological polar surface area (TPSA) is 87.1 Å². The fourth-order valence-corrected chi connectivity index (χ4v) is 2.15. The second kappa shape index (κ2) is 7.99. The minimum absolute atomic E-state index is 0.308. The van der Waals surface area contributed by atoms with Gasteiger partial charge < -0.3 is 10.4 Å². The standard InChI is InChI=1S/C11H20N4O2S/c1-3-5-9-14-15-11(18-9)13-10(17)12-7-6-8(16)4-2/h8,16H,3-7H2,1-2H3,(H2,12,13,15,17). The highest BCUT2D eigenvalue weighted by molar-refractivity contribution is 7.15. The molecule has 6 nitrogen and oxygen atoms in total. The molecule has 0 saturated carbocycles. The van der Waals surface area contributed by atoms with E-state index in [1.807, 2.05) is 6.92 Å². The quantitative estimate of drug-likeness (QED) is 0.706. The Morgan fingerprint density at radius 2 is 2.22 bits per heavy atom. The van der Waals surface area contributed by atoms with Gasteiger partial charge in [-0.05, 0) is 19.3 Å². The highest BCUT2D eigenvalue weighted by Crippen LogP contribution is 2.16. The number of aliphatic hydroxyl groups excluding tert-OH is 1. The summed E-state index contributed by atoms with van der Waals surface area (Å²) >= 11 is 1.39. The lowest BCUT2D eigenvalue weighted by Crippen LogP contribution is -2.31. The number of carbonyl (C=O) groups excluding carboxylic acids is 1. The molecule has 0 saturated heterocycles. The van der Waals surface area contributed by atoms with Gasteiger partial charge in [-0.2, -0.15) is 0 Å². The van der Waals surface area contributed by atoms with Crippen LogP contribution in [0.2, 0.25) is 0 Å². The van der Waals surface area contributed by atoms with Crippen LogP contribution in [0.3, 0.4) is 0 Å². The summed E-state index contributed by atoms with van der Waals surface area (Å²) in [6.07, 6.45) is 2.78. The van der Waals surface area contributed by atoms with Crippen molar-refractivity contribution in [2.24, 2.45) is 0 Å². The average molecular weight is 272 g/mol. The van der Waals surface area contributed by atoms with Gasteiger partial charge in [-0.1, -0.05) is 25.2 Å². The largest absolute Gasteiger partial charge is 0.393 e. The van der Waals surface area contributed by atoms with Gasteiger partial charge in [0.2, 0.25) is 5.13 Å². The maximum absolute atomic E-state index is 11.5. The first kappa shape index (κ1) is 14.8.